The van der Waals surface area contributed by atoms with Crippen LogP contribution in [0.25, 0.3) is 10.9 Å². The average molecular weight is 315 g/mol. The minimum atomic E-state index is -0.504. The first-order valence-electron chi connectivity index (χ1n) is 6.40. The molecule has 22 heavy (non-hydrogen) atoms. The van der Waals surface area contributed by atoms with E-state index in [9.17, 15) is 9.59 Å². The van der Waals surface area contributed by atoms with E-state index in [4.69, 9.17) is 17.3 Å². The number of carbonyl (C=O) groups excluding carboxylic acids is 1. The normalized spacial score (nSPS) is 10.6. The minimum absolute atomic E-state index is 0.0483. The van der Waals surface area contributed by atoms with Crippen molar-refractivity contribution >= 4 is 40.0 Å². The highest BCUT2D eigenvalue weighted by Gasteiger charge is 2.13. The van der Waals surface area contributed by atoms with Crippen molar-refractivity contribution in [3.8, 4) is 0 Å². The first-order chi connectivity index (χ1) is 10.5. The Hall–Kier alpha value is -2.86. The molecule has 0 fully saturated rings. The number of hydrogen-bond donors (Lipinski definition) is 3. The Balaban J connectivity index is 1.98. The number of halogens is 1. The zero-order valence-corrected chi connectivity index (χ0v) is 12.0. The van der Waals surface area contributed by atoms with Gasteiger partial charge in [-0.05, 0) is 30.3 Å². The molecule has 110 valence electrons. The highest BCUT2D eigenvalue weighted by Crippen LogP contribution is 2.19. The number of aromatic amines is 1. The fourth-order valence-corrected chi connectivity index (χ4v) is 2.24. The number of para-hydroxylation sites is 1. The molecule has 3 rings (SSSR count). The second-order valence-electron chi connectivity index (χ2n) is 4.63. The summed E-state index contributed by atoms with van der Waals surface area (Å²) in [6, 6.07) is 11.4. The van der Waals surface area contributed by atoms with E-state index in [1.54, 1.807) is 30.3 Å². The van der Waals surface area contributed by atoms with E-state index < -0.39 is 5.91 Å². The Morgan fingerprint density at radius 2 is 2.00 bits per heavy atom. The van der Waals surface area contributed by atoms with E-state index in [0.717, 1.165) is 0 Å². The molecule has 0 saturated heterocycles. The molecule has 6 nitrogen and oxygen atoms in total. The maximum atomic E-state index is 12.2. The van der Waals surface area contributed by atoms with Gasteiger partial charge in [-0.15, -0.1) is 0 Å². The topological polar surface area (TPSA) is 101 Å². The molecule has 0 radical (unpaired) electrons. The number of nitrogen functional groups attached to an aromatic ring is 1. The van der Waals surface area contributed by atoms with E-state index in [2.05, 4.69) is 15.3 Å². The molecule has 0 spiro atoms. The summed E-state index contributed by atoms with van der Waals surface area (Å²) in [4.78, 5) is 30.9. The molecular formula is C15H11ClN4O2. The fourth-order valence-electron chi connectivity index (χ4n) is 2.04. The van der Waals surface area contributed by atoms with Crippen LogP contribution in [0.3, 0.4) is 0 Å². The van der Waals surface area contributed by atoms with Crippen LogP contribution in [0.4, 0.5) is 11.6 Å². The summed E-state index contributed by atoms with van der Waals surface area (Å²) in [6.07, 6.45) is 0. The van der Waals surface area contributed by atoms with E-state index in [-0.39, 0.29) is 22.1 Å². The lowest BCUT2D eigenvalue weighted by Gasteiger charge is -2.07. The van der Waals surface area contributed by atoms with Crippen LogP contribution >= 0.6 is 11.6 Å². The highest BCUT2D eigenvalue weighted by molar-refractivity contribution is 6.34. The Morgan fingerprint density at radius 3 is 2.82 bits per heavy atom. The van der Waals surface area contributed by atoms with Gasteiger partial charge >= 0.3 is 0 Å². The third-order valence-electron chi connectivity index (χ3n) is 3.08. The van der Waals surface area contributed by atoms with Crippen molar-refractivity contribution in [1.82, 2.24) is 9.97 Å². The van der Waals surface area contributed by atoms with Crippen LogP contribution in [0, 0.1) is 0 Å². The first kappa shape index (κ1) is 14.1. The van der Waals surface area contributed by atoms with Gasteiger partial charge in [-0.3, -0.25) is 19.9 Å². The van der Waals surface area contributed by atoms with Crippen LogP contribution in [0.1, 0.15) is 10.4 Å². The van der Waals surface area contributed by atoms with Gasteiger partial charge < -0.3 is 5.73 Å². The van der Waals surface area contributed by atoms with Gasteiger partial charge in [0.05, 0.1) is 21.5 Å². The summed E-state index contributed by atoms with van der Waals surface area (Å²) >= 11 is 5.97. The number of anilines is 2. The highest BCUT2D eigenvalue weighted by atomic mass is 35.5. The third-order valence-corrected chi connectivity index (χ3v) is 3.41. The van der Waals surface area contributed by atoms with Crippen LogP contribution in [-0.4, -0.2) is 15.9 Å². The number of H-pyrrole nitrogens is 1. The molecule has 4 N–H and O–H groups in total. The summed E-state index contributed by atoms with van der Waals surface area (Å²) in [5.74, 6) is -0.456. The van der Waals surface area contributed by atoms with Crippen LogP contribution < -0.4 is 16.6 Å². The zero-order chi connectivity index (χ0) is 15.7. The number of hydrogen-bond acceptors (Lipinski definition) is 4. The number of carbonyl (C=O) groups is 1. The predicted molar refractivity (Wildman–Crippen MR) is 86.2 cm³/mol. The van der Waals surface area contributed by atoms with Gasteiger partial charge in [0.15, 0.2) is 0 Å². The van der Waals surface area contributed by atoms with Crippen LogP contribution in [0.2, 0.25) is 5.02 Å². The Kier molecular flexibility index (Phi) is 3.52. The standard InChI is InChI=1S/C15H11ClN4O2/c16-11-6-5-8(17)7-10(11)14(22)20-15-18-12-4-2-1-3-9(12)13(21)19-15/h1-7H,17H2,(H2,18,19,20,21,22). The van der Waals surface area contributed by atoms with Crippen molar-refractivity contribution in [2.75, 3.05) is 11.1 Å². The molecule has 0 unspecified atom stereocenters. The summed E-state index contributed by atoms with van der Waals surface area (Å²) in [7, 11) is 0. The molecule has 0 saturated carbocycles. The van der Waals surface area contributed by atoms with Gasteiger partial charge in [-0.1, -0.05) is 23.7 Å². The molecule has 0 aliphatic heterocycles. The maximum Gasteiger partial charge on any atom is 0.260 e. The number of aromatic nitrogens is 2. The molecular weight excluding hydrogens is 304 g/mol. The molecule has 1 heterocycles. The molecule has 0 bridgehead atoms. The number of nitrogens with zero attached hydrogens (tertiary/aromatic N) is 1. The van der Waals surface area contributed by atoms with Crippen molar-refractivity contribution in [1.29, 1.82) is 0 Å². The number of nitrogens with two attached hydrogens (primary N) is 1. The first-order valence-corrected chi connectivity index (χ1v) is 6.78. The van der Waals surface area contributed by atoms with E-state index in [1.807, 2.05) is 0 Å². The second-order valence-corrected chi connectivity index (χ2v) is 5.03. The van der Waals surface area contributed by atoms with E-state index in [1.165, 1.54) is 12.1 Å². The van der Waals surface area contributed by atoms with Crippen LogP contribution in [0.5, 0.6) is 0 Å². The Labute approximate surface area is 129 Å². The van der Waals surface area contributed by atoms with Crippen LogP contribution in [0.15, 0.2) is 47.3 Å². The molecule has 3 aromatic rings. The van der Waals surface area contributed by atoms with Gasteiger partial charge in [0.2, 0.25) is 5.95 Å². The third kappa shape index (κ3) is 2.64. The fraction of sp³-hybridized carbons (Fsp3) is 0. The second kappa shape index (κ2) is 5.50. The number of benzene rings is 2. The van der Waals surface area contributed by atoms with Crippen molar-refractivity contribution in [3.63, 3.8) is 0 Å². The number of nitrogens with one attached hydrogen (secondary N) is 2. The maximum absolute atomic E-state index is 12.2. The van der Waals surface area contributed by atoms with Gasteiger partial charge in [0.1, 0.15) is 0 Å². The van der Waals surface area contributed by atoms with Crippen molar-refractivity contribution in [2.45, 2.75) is 0 Å². The van der Waals surface area contributed by atoms with Gasteiger partial charge in [-0.2, -0.15) is 0 Å². The number of fused-ring (bicyclic) bond motifs is 1. The largest absolute Gasteiger partial charge is 0.399 e. The van der Waals surface area contributed by atoms with Crippen molar-refractivity contribution in [2.24, 2.45) is 0 Å². The summed E-state index contributed by atoms with van der Waals surface area (Å²) in [5, 5.41) is 3.22. The minimum Gasteiger partial charge on any atom is -0.399 e. The average Bonchev–Trinajstić information content (AvgIpc) is 2.49. The van der Waals surface area contributed by atoms with Crippen LogP contribution in [-0.2, 0) is 0 Å². The number of rotatable bonds is 2. The van der Waals surface area contributed by atoms with Crippen molar-refractivity contribution in [3.05, 3.63) is 63.4 Å². The smallest absolute Gasteiger partial charge is 0.260 e. The summed E-state index contributed by atoms with van der Waals surface area (Å²) < 4.78 is 0. The molecule has 2 aromatic carbocycles. The molecule has 1 aromatic heterocycles. The quantitative estimate of drug-likeness (QED) is 0.632. The molecule has 1 amide bonds. The lowest BCUT2D eigenvalue weighted by Crippen LogP contribution is -2.19. The summed E-state index contributed by atoms with van der Waals surface area (Å²) in [6.45, 7) is 0. The van der Waals surface area contributed by atoms with E-state index >= 15 is 0 Å². The van der Waals surface area contributed by atoms with Crippen molar-refractivity contribution < 1.29 is 4.79 Å². The zero-order valence-electron chi connectivity index (χ0n) is 11.3. The van der Waals surface area contributed by atoms with E-state index in [0.29, 0.717) is 16.6 Å². The van der Waals surface area contributed by atoms with Gasteiger partial charge in [0.25, 0.3) is 11.5 Å². The Bertz CT molecular complexity index is 936. The molecule has 7 heteroatoms. The molecule has 0 atom stereocenters. The molecule has 0 aliphatic rings. The summed E-state index contributed by atoms with van der Waals surface area (Å²) in [5.41, 5.74) is 6.42. The van der Waals surface area contributed by atoms with Gasteiger partial charge in [-0.25, -0.2) is 4.98 Å². The lowest BCUT2D eigenvalue weighted by atomic mass is 10.2. The molecule has 0 aliphatic carbocycles. The lowest BCUT2D eigenvalue weighted by molar-refractivity contribution is 0.102. The van der Waals surface area contributed by atoms with Gasteiger partial charge in [0, 0.05) is 5.69 Å². The predicted octanol–water partition coefficient (Wildman–Crippen LogP) is 2.41. The Morgan fingerprint density at radius 1 is 1.23 bits per heavy atom. The number of amides is 1. The SMILES string of the molecule is Nc1ccc(Cl)c(C(=O)Nc2nc3ccccc3c(=O)[nH]2)c1. The monoisotopic (exact) mass is 314 g/mol.